The Balaban J connectivity index is 1.85. The molecule has 2 aliphatic rings. The Morgan fingerprint density at radius 2 is 2.25 bits per heavy atom. The minimum absolute atomic E-state index is 0.511. The highest BCUT2D eigenvalue weighted by molar-refractivity contribution is 9.10. The minimum Gasteiger partial charge on any atom is -0.480 e. The van der Waals surface area contributed by atoms with E-state index in [-0.39, 0.29) is 0 Å². The third kappa shape index (κ3) is 2.76. The third-order valence-corrected chi connectivity index (χ3v) is 4.81. The molecule has 0 bridgehead atoms. The fraction of sp³-hybridized carbons (Fsp3) is 0.714. The lowest BCUT2D eigenvalue weighted by molar-refractivity contribution is 0.366. The van der Waals surface area contributed by atoms with Gasteiger partial charge in [-0.3, -0.25) is 0 Å². The first kappa shape index (κ1) is 14.1. The predicted octanol–water partition coefficient (Wildman–Crippen LogP) is 2.36. The summed E-state index contributed by atoms with van der Waals surface area (Å²) in [6.45, 7) is 2.17. The van der Waals surface area contributed by atoms with Crippen molar-refractivity contribution < 1.29 is 4.74 Å². The van der Waals surface area contributed by atoms with Gasteiger partial charge in [-0.15, -0.1) is 0 Å². The Morgan fingerprint density at radius 1 is 1.35 bits per heavy atom. The summed E-state index contributed by atoms with van der Waals surface area (Å²) in [4.78, 5) is 11.4. The number of halogens is 1. The van der Waals surface area contributed by atoms with Gasteiger partial charge < -0.3 is 15.0 Å². The van der Waals surface area contributed by atoms with Crippen molar-refractivity contribution in [3.05, 3.63) is 10.7 Å². The van der Waals surface area contributed by atoms with E-state index in [1.165, 1.54) is 32.1 Å². The number of nitrogens with one attached hydrogen (secondary N) is 1. The molecule has 0 saturated carbocycles. The van der Waals surface area contributed by atoms with Crippen molar-refractivity contribution >= 4 is 21.9 Å². The SMILES string of the molecule is COc1nc(N2CCCCC2C2CCCN2)ncc1Br. The topological polar surface area (TPSA) is 50.3 Å². The molecule has 20 heavy (non-hydrogen) atoms. The molecule has 2 fully saturated rings. The summed E-state index contributed by atoms with van der Waals surface area (Å²) in [5, 5.41) is 3.63. The molecule has 3 heterocycles. The number of hydrogen-bond donors (Lipinski definition) is 1. The highest BCUT2D eigenvalue weighted by atomic mass is 79.9. The first-order valence-electron chi connectivity index (χ1n) is 7.36. The molecule has 0 aromatic carbocycles. The maximum atomic E-state index is 5.30. The Kier molecular flexibility index (Phi) is 4.41. The summed E-state index contributed by atoms with van der Waals surface area (Å²) >= 11 is 3.42. The first-order valence-corrected chi connectivity index (χ1v) is 8.15. The fourth-order valence-electron chi connectivity index (χ4n) is 3.29. The molecule has 2 unspecified atom stereocenters. The van der Waals surface area contributed by atoms with Gasteiger partial charge in [0.05, 0.1) is 17.8 Å². The molecule has 110 valence electrons. The maximum Gasteiger partial charge on any atom is 0.232 e. The molecule has 5 nitrogen and oxygen atoms in total. The average Bonchev–Trinajstić information content (AvgIpc) is 3.02. The van der Waals surface area contributed by atoms with Crippen LogP contribution < -0.4 is 15.0 Å². The van der Waals surface area contributed by atoms with Crippen LogP contribution in [-0.2, 0) is 0 Å². The largest absolute Gasteiger partial charge is 0.480 e. The summed E-state index contributed by atoms with van der Waals surface area (Å²) in [6.07, 6.45) is 8.06. The van der Waals surface area contributed by atoms with Gasteiger partial charge in [-0.2, -0.15) is 4.98 Å². The molecule has 2 saturated heterocycles. The van der Waals surface area contributed by atoms with Crippen molar-refractivity contribution in [1.29, 1.82) is 0 Å². The zero-order chi connectivity index (χ0) is 13.9. The second kappa shape index (κ2) is 6.26. The van der Waals surface area contributed by atoms with Crippen LogP contribution in [0, 0.1) is 0 Å². The molecule has 1 N–H and O–H groups in total. The number of hydrogen-bond acceptors (Lipinski definition) is 5. The van der Waals surface area contributed by atoms with E-state index >= 15 is 0 Å². The van der Waals surface area contributed by atoms with Crippen molar-refractivity contribution in [3.63, 3.8) is 0 Å². The van der Waals surface area contributed by atoms with Crippen LogP contribution in [0.4, 0.5) is 5.95 Å². The van der Waals surface area contributed by atoms with E-state index in [1.54, 1.807) is 13.3 Å². The van der Waals surface area contributed by atoms with Crippen LogP contribution in [0.15, 0.2) is 10.7 Å². The van der Waals surface area contributed by atoms with Crippen molar-refractivity contribution in [2.45, 2.75) is 44.2 Å². The van der Waals surface area contributed by atoms with Crippen molar-refractivity contribution in [2.24, 2.45) is 0 Å². The van der Waals surface area contributed by atoms with E-state index in [2.05, 4.69) is 36.1 Å². The van der Waals surface area contributed by atoms with Gasteiger partial charge in [0.15, 0.2) is 0 Å². The van der Waals surface area contributed by atoms with Crippen LogP contribution in [0.3, 0.4) is 0 Å². The lowest BCUT2D eigenvalue weighted by atomic mass is 9.95. The first-order chi connectivity index (χ1) is 9.79. The molecule has 1 aromatic heterocycles. The Labute approximate surface area is 128 Å². The number of rotatable bonds is 3. The quantitative estimate of drug-likeness (QED) is 0.915. The second-order valence-electron chi connectivity index (χ2n) is 5.49. The van der Waals surface area contributed by atoms with E-state index in [9.17, 15) is 0 Å². The van der Waals surface area contributed by atoms with Crippen molar-refractivity contribution in [3.8, 4) is 5.88 Å². The molecule has 3 rings (SSSR count). The van der Waals surface area contributed by atoms with Gasteiger partial charge in [-0.05, 0) is 54.6 Å². The normalized spacial score (nSPS) is 26.8. The maximum absolute atomic E-state index is 5.30. The molecular formula is C14H21BrN4O. The average molecular weight is 341 g/mol. The zero-order valence-electron chi connectivity index (χ0n) is 11.8. The molecular weight excluding hydrogens is 320 g/mol. The summed E-state index contributed by atoms with van der Waals surface area (Å²) in [7, 11) is 1.64. The molecule has 2 aliphatic heterocycles. The molecule has 0 amide bonds. The number of ether oxygens (including phenoxy) is 1. The predicted molar refractivity (Wildman–Crippen MR) is 82.3 cm³/mol. The van der Waals surface area contributed by atoms with Gasteiger partial charge in [0, 0.05) is 18.6 Å². The Hall–Kier alpha value is -0.880. The van der Waals surface area contributed by atoms with Crippen LogP contribution in [0.5, 0.6) is 5.88 Å². The summed E-state index contributed by atoms with van der Waals surface area (Å²) in [5.41, 5.74) is 0. The summed E-state index contributed by atoms with van der Waals surface area (Å²) < 4.78 is 6.10. The standard InChI is InChI=1S/C14H21BrN4O/c1-20-13-10(15)9-17-14(18-13)19-8-3-2-6-12(19)11-5-4-7-16-11/h9,11-12,16H,2-8H2,1H3. The zero-order valence-corrected chi connectivity index (χ0v) is 13.4. The number of anilines is 1. The third-order valence-electron chi connectivity index (χ3n) is 4.26. The highest BCUT2D eigenvalue weighted by Crippen LogP contribution is 2.30. The van der Waals surface area contributed by atoms with Gasteiger partial charge in [0.25, 0.3) is 0 Å². The van der Waals surface area contributed by atoms with Crippen molar-refractivity contribution in [2.75, 3.05) is 25.1 Å². The van der Waals surface area contributed by atoms with Crippen LogP contribution in [-0.4, -0.2) is 42.3 Å². The number of aromatic nitrogens is 2. The monoisotopic (exact) mass is 340 g/mol. The second-order valence-corrected chi connectivity index (χ2v) is 6.34. The number of nitrogens with zero attached hydrogens (tertiary/aromatic N) is 3. The molecule has 0 radical (unpaired) electrons. The molecule has 1 aromatic rings. The van der Waals surface area contributed by atoms with Crippen LogP contribution in [0.1, 0.15) is 32.1 Å². The molecule has 0 aliphatic carbocycles. The van der Waals surface area contributed by atoms with Gasteiger partial charge in [-0.1, -0.05) is 0 Å². The molecule has 2 atom stereocenters. The summed E-state index contributed by atoms with van der Waals surface area (Å²) in [5.74, 6) is 1.40. The summed E-state index contributed by atoms with van der Waals surface area (Å²) in [6, 6.07) is 1.09. The van der Waals surface area contributed by atoms with E-state index < -0.39 is 0 Å². The van der Waals surface area contributed by atoms with Gasteiger partial charge >= 0.3 is 0 Å². The van der Waals surface area contributed by atoms with E-state index in [0.717, 1.165) is 23.5 Å². The van der Waals surface area contributed by atoms with Crippen LogP contribution >= 0.6 is 15.9 Å². The van der Waals surface area contributed by atoms with E-state index in [4.69, 9.17) is 4.74 Å². The lowest BCUT2D eigenvalue weighted by Gasteiger charge is -2.39. The van der Waals surface area contributed by atoms with Crippen LogP contribution in [0.25, 0.3) is 0 Å². The lowest BCUT2D eigenvalue weighted by Crippen LogP contribution is -2.51. The van der Waals surface area contributed by atoms with E-state index in [1.807, 2.05) is 0 Å². The molecule has 0 spiro atoms. The number of piperidine rings is 1. The Morgan fingerprint density at radius 3 is 3.00 bits per heavy atom. The fourth-order valence-corrected chi connectivity index (χ4v) is 3.64. The number of methoxy groups -OCH3 is 1. The van der Waals surface area contributed by atoms with Gasteiger partial charge in [0.2, 0.25) is 11.8 Å². The van der Waals surface area contributed by atoms with Crippen molar-refractivity contribution in [1.82, 2.24) is 15.3 Å². The minimum atomic E-state index is 0.511. The Bertz CT molecular complexity index is 464. The smallest absolute Gasteiger partial charge is 0.232 e. The van der Waals surface area contributed by atoms with Crippen LogP contribution in [0.2, 0.25) is 0 Å². The van der Waals surface area contributed by atoms with Gasteiger partial charge in [-0.25, -0.2) is 4.98 Å². The van der Waals surface area contributed by atoms with Gasteiger partial charge in [0.1, 0.15) is 0 Å². The molecule has 6 heteroatoms. The highest BCUT2D eigenvalue weighted by Gasteiger charge is 2.33. The van der Waals surface area contributed by atoms with E-state index in [0.29, 0.717) is 18.0 Å².